The third kappa shape index (κ3) is 6.82. The van der Waals surface area contributed by atoms with Gasteiger partial charge in [0.15, 0.2) is 0 Å². The van der Waals surface area contributed by atoms with E-state index in [1.54, 1.807) is 6.20 Å². The Kier molecular flexibility index (Phi) is 5.83. The molecule has 4 nitrogen and oxygen atoms in total. The van der Waals surface area contributed by atoms with Crippen molar-refractivity contribution in [2.75, 3.05) is 6.54 Å². The van der Waals surface area contributed by atoms with Gasteiger partial charge in [-0.2, -0.15) is 0 Å². The van der Waals surface area contributed by atoms with Crippen LogP contribution < -0.4 is 5.32 Å². The van der Waals surface area contributed by atoms with Crippen LogP contribution in [0.2, 0.25) is 5.15 Å². The molecular weight excluding hydrogens is 264 g/mol. The molecule has 0 bridgehead atoms. The predicted octanol–water partition coefficient (Wildman–Crippen LogP) is 3.66. The fraction of sp³-hybridized carbons (Fsp3) is 0.429. The summed E-state index contributed by atoms with van der Waals surface area (Å²) in [6.07, 6.45) is 5.75. The maximum Gasteiger partial charge on any atom is 0.407 e. The molecule has 0 saturated carbocycles. The second kappa shape index (κ2) is 7.14. The second-order valence-corrected chi connectivity index (χ2v) is 5.36. The van der Waals surface area contributed by atoms with Crippen molar-refractivity contribution in [1.82, 2.24) is 10.3 Å². The van der Waals surface area contributed by atoms with Crippen LogP contribution in [0.25, 0.3) is 6.08 Å². The molecule has 1 amide bonds. The van der Waals surface area contributed by atoms with E-state index in [0.29, 0.717) is 18.1 Å². The monoisotopic (exact) mass is 282 g/mol. The summed E-state index contributed by atoms with van der Waals surface area (Å²) in [7, 11) is 0. The summed E-state index contributed by atoms with van der Waals surface area (Å²) in [6.45, 7) is 6.01. The molecule has 1 rings (SSSR count). The van der Waals surface area contributed by atoms with Crippen molar-refractivity contribution in [2.24, 2.45) is 0 Å². The normalized spacial score (nSPS) is 11.6. The molecule has 0 aliphatic carbocycles. The number of halogens is 1. The highest BCUT2D eigenvalue weighted by molar-refractivity contribution is 6.30. The Morgan fingerprint density at radius 1 is 1.53 bits per heavy atom. The van der Waals surface area contributed by atoms with E-state index < -0.39 is 11.7 Å². The predicted molar refractivity (Wildman–Crippen MR) is 77.1 cm³/mol. The van der Waals surface area contributed by atoms with Crippen LogP contribution >= 0.6 is 11.6 Å². The van der Waals surface area contributed by atoms with Gasteiger partial charge in [-0.15, -0.1) is 0 Å². The van der Waals surface area contributed by atoms with Crippen LogP contribution in [0.3, 0.4) is 0 Å². The van der Waals surface area contributed by atoms with Gasteiger partial charge in [-0.05, 0) is 33.3 Å². The molecule has 0 atom stereocenters. The van der Waals surface area contributed by atoms with Gasteiger partial charge in [0.05, 0.1) is 0 Å². The van der Waals surface area contributed by atoms with Crippen LogP contribution in [0.1, 0.15) is 32.8 Å². The van der Waals surface area contributed by atoms with Crippen molar-refractivity contribution in [3.63, 3.8) is 0 Å². The lowest BCUT2D eigenvalue weighted by atomic mass is 10.2. The van der Waals surface area contributed by atoms with Crippen LogP contribution in [-0.2, 0) is 4.74 Å². The van der Waals surface area contributed by atoms with Gasteiger partial charge >= 0.3 is 6.09 Å². The zero-order valence-corrected chi connectivity index (χ0v) is 12.2. The number of rotatable bonds is 4. The SMILES string of the molecule is CC(C)(C)OC(=O)NCCC=Cc1cccnc1Cl. The molecule has 0 aliphatic heterocycles. The lowest BCUT2D eigenvalue weighted by molar-refractivity contribution is 0.0529. The van der Waals surface area contributed by atoms with E-state index in [9.17, 15) is 4.79 Å². The minimum atomic E-state index is -0.469. The topological polar surface area (TPSA) is 51.2 Å². The Morgan fingerprint density at radius 3 is 2.89 bits per heavy atom. The van der Waals surface area contributed by atoms with Gasteiger partial charge in [0.2, 0.25) is 0 Å². The average Bonchev–Trinajstić information content (AvgIpc) is 2.28. The first kappa shape index (κ1) is 15.5. The van der Waals surface area contributed by atoms with Crippen LogP contribution in [0.4, 0.5) is 4.79 Å². The Bertz CT molecular complexity index is 453. The fourth-order valence-electron chi connectivity index (χ4n) is 1.30. The number of nitrogens with zero attached hydrogens (tertiary/aromatic N) is 1. The summed E-state index contributed by atoms with van der Waals surface area (Å²) in [4.78, 5) is 15.3. The maximum atomic E-state index is 11.4. The van der Waals surface area contributed by atoms with Crippen molar-refractivity contribution in [3.05, 3.63) is 35.1 Å². The van der Waals surface area contributed by atoms with Gasteiger partial charge in [-0.3, -0.25) is 0 Å². The standard InChI is InChI=1S/C14H19ClN2O2/c1-14(2,3)19-13(18)17-9-5-4-7-11-8-6-10-16-12(11)15/h4,6-8,10H,5,9H2,1-3H3,(H,17,18). The molecule has 0 fully saturated rings. The van der Waals surface area contributed by atoms with Crippen molar-refractivity contribution < 1.29 is 9.53 Å². The molecule has 1 heterocycles. The van der Waals surface area contributed by atoms with Crippen molar-refractivity contribution in [1.29, 1.82) is 0 Å². The summed E-state index contributed by atoms with van der Waals surface area (Å²) in [5.41, 5.74) is 0.393. The molecule has 0 unspecified atom stereocenters. The number of amides is 1. The second-order valence-electron chi connectivity index (χ2n) is 5.00. The third-order valence-corrected chi connectivity index (χ3v) is 2.38. The lowest BCUT2D eigenvalue weighted by Crippen LogP contribution is -2.32. The zero-order chi connectivity index (χ0) is 14.3. The number of aromatic nitrogens is 1. The molecule has 1 N–H and O–H groups in total. The van der Waals surface area contributed by atoms with Gasteiger partial charge in [0.25, 0.3) is 0 Å². The molecule has 0 aliphatic rings. The van der Waals surface area contributed by atoms with Crippen LogP contribution in [-0.4, -0.2) is 23.2 Å². The van der Waals surface area contributed by atoms with E-state index in [-0.39, 0.29) is 0 Å². The van der Waals surface area contributed by atoms with Gasteiger partial charge in [-0.1, -0.05) is 29.8 Å². The summed E-state index contributed by atoms with van der Waals surface area (Å²) in [6, 6.07) is 3.71. The molecule has 0 saturated heterocycles. The Morgan fingerprint density at radius 2 is 2.26 bits per heavy atom. The number of hydrogen-bond donors (Lipinski definition) is 1. The van der Waals surface area contributed by atoms with Crippen molar-refractivity contribution in [2.45, 2.75) is 32.8 Å². The van der Waals surface area contributed by atoms with E-state index in [2.05, 4.69) is 10.3 Å². The van der Waals surface area contributed by atoms with Gasteiger partial charge in [-0.25, -0.2) is 9.78 Å². The molecular formula is C14H19ClN2O2. The minimum absolute atomic E-state index is 0.402. The van der Waals surface area contributed by atoms with E-state index in [1.807, 2.05) is 45.1 Å². The third-order valence-electron chi connectivity index (χ3n) is 2.06. The van der Waals surface area contributed by atoms with Gasteiger partial charge < -0.3 is 10.1 Å². The van der Waals surface area contributed by atoms with Gasteiger partial charge in [0, 0.05) is 18.3 Å². The summed E-state index contributed by atoms with van der Waals surface area (Å²) in [5.74, 6) is 0. The first-order chi connectivity index (χ1) is 8.88. The first-order valence-corrected chi connectivity index (χ1v) is 6.50. The molecule has 0 radical (unpaired) electrons. The van der Waals surface area contributed by atoms with Crippen LogP contribution in [0.15, 0.2) is 24.4 Å². The number of alkyl carbamates (subject to hydrolysis) is 1. The molecule has 1 aromatic rings. The highest BCUT2D eigenvalue weighted by Crippen LogP contribution is 2.13. The zero-order valence-electron chi connectivity index (χ0n) is 11.4. The molecule has 1 aromatic heterocycles. The number of hydrogen-bond acceptors (Lipinski definition) is 3. The van der Waals surface area contributed by atoms with Crippen LogP contribution in [0, 0.1) is 0 Å². The summed E-state index contributed by atoms with van der Waals surface area (Å²) < 4.78 is 5.12. The minimum Gasteiger partial charge on any atom is -0.444 e. The lowest BCUT2D eigenvalue weighted by Gasteiger charge is -2.19. The number of carbonyl (C=O) groups is 1. The smallest absolute Gasteiger partial charge is 0.407 e. The largest absolute Gasteiger partial charge is 0.444 e. The maximum absolute atomic E-state index is 11.4. The molecule has 5 heteroatoms. The Hall–Kier alpha value is -1.55. The molecule has 19 heavy (non-hydrogen) atoms. The summed E-state index contributed by atoms with van der Waals surface area (Å²) in [5, 5.41) is 3.15. The van der Waals surface area contributed by atoms with Crippen molar-refractivity contribution >= 4 is 23.8 Å². The van der Waals surface area contributed by atoms with Gasteiger partial charge in [0.1, 0.15) is 10.8 Å². The van der Waals surface area contributed by atoms with Crippen molar-refractivity contribution in [3.8, 4) is 0 Å². The average molecular weight is 283 g/mol. The van der Waals surface area contributed by atoms with E-state index in [4.69, 9.17) is 16.3 Å². The van der Waals surface area contributed by atoms with E-state index in [1.165, 1.54) is 0 Å². The molecule has 0 spiro atoms. The number of ether oxygens (including phenoxy) is 1. The highest BCUT2D eigenvalue weighted by Gasteiger charge is 2.15. The highest BCUT2D eigenvalue weighted by atomic mass is 35.5. The fourth-order valence-corrected chi connectivity index (χ4v) is 1.49. The quantitative estimate of drug-likeness (QED) is 0.677. The summed E-state index contributed by atoms with van der Waals surface area (Å²) >= 11 is 5.91. The van der Waals surface area contributed by atoms with Crippen LogP contribution in [0.5, 0.6) is 0 Å². The Balaban J connectivity index is 2.28. The number of carbonyl (C=O) groups excluding carboxylic acids is 1. The van der Waals surface area contributed by atoms with E-state index >= 15 is 0 Å². The molecule has 0 aromatic carbocycles. The number of nitrogens with one attached hydrogen (secondary N) is 1. The number of pyridine rings is 1. The van der Waals surface area contributed by atoms with E-state index in [0.717, 1.165) is 5.56 Å². The first-order valence-electron chi connectivity index (χ1n) is 6.12. The molecule has 104 valence electrons. The Labute approximate surface area is 118 Å².